The van der Waals surface area contributed by atoms with Crippen LogP contribution in [0.4, 0.5) is 0 Å². The van der Waals surface area contributed by atoms with Gasteiger partial charge in [0.25, 0.3) is 5.91 Å². The van der Waals surface area contributed by atoms with E-state index in [1.54, 1.807) is 11.0 Å². The number of β-amino-alcohol motifs (C(OH)–C–C–N with tert-alkyl or cyclic N) is 1. The first-order valence-corrected chi connectivity index (χ1v) is 6.82. The molecule has 1 N–H and O–H groups in total. The van der Waals surface area contributed by atoms with Crippen molar-refractivity contribution in [2.24, 2.45) is 0 Å². The van der Waals surface area contributed by atoms with Gasteiger partial charge in [0, 0.05) is 18.7 Å². The zero-order valence-electron chi connectivity index (χ0n) is 11.6. The molecule has 19 heavy (non-hydrogen) atoms. The molecule has 1 unspecified atom stereocenters. The molecule has 4 heteroatoms. The lowest BCUT2D eigenvalue weighted by Gasteiger charge is -2.30. The van der Waals surface area contributed by atoms with Gasteiger partial charge in [0.15, 0.2) is 0 Å². The minimum atomic E-state index is -0.388. The molecule has 1 aliphatic rings. The molecule has 0 aliphatic carbocycles. The van der Waals surface area contributed by atoms with Gasteiger partial charge in [0.1, 0.15) is 5.75 Å². The van der Waals surface area contributed by atoms with Crippen LogP contribution in [0.5, 0.6) is 5.75 Å². The van der Waals surface area contributed by atoms with Crippen LogP contribution in [0.25, 0.3) is 0 Å². The summed E-state index contributed by atoms with van der Waals surface area (Å²) >= 11 is 0. The summed E-state index contributed by atoms with van der Waals surface area (Å²) < 4.78 is 5.47. The van der Waals surface area contributed by atoms with Crippen molar-refractivity contribution < 1.29 is 14.6 Å². The molecule has 1 amide bonds. The van der Waals surface area contributed by atoms with Gasteiger partial charge in [0.2, 0.25) is 0 Å². The van der Waals surface area contributed by atoms with Gasteiger partial charge in [-0.3, -0.25) is 4.79 Å². The van der Waals surface area contributed by atoms with Gasteiger partial charge >= 0.3 is 0 Å². The SMILES string of the molecule is CCOc1ccc(C(=O)N2CCCC(O)C2)cc1C. The summed E-state index contributed by atoms with van der Waals surface area (Å²) in [5, 5.41) is 9.63. The average molecular weight is 263 g/mol. The Kier molecular flexibility index (Phi) is 4.43. The van der Waals surface area contributed by atoms with Crippen LogP contribution < -0.4 is 4.74 Å². The van der Waals surface area contributed by atoms with Gasteiger partial charge in [-0.05, 0) is 50.5 Å². The van der Waals surface area contributed by atoms with E-state index in [1.165, 1.54) is 0 Å². The van der Waals surface area contributed by atoms with Crippen LogP contribution in [-0.2, 0) is 0 Å². The molecule has 1 aromatic carbocycles. The normalized spacial score (nSPS) is 19.3. The smallest absolute Gasteiger partial charge is 0.253 e. The number of carbonyl (C=O) groups is 1. The predicted octanol–water partition coefficient (Wildman–Crippen LogP) is 1.99. The molecule has 1 aromatic rings. The van der Waals surface area contributed by atoms with Gasteiger partial charge in [-0.1, -0.05) is 0 Å². The fourth-order valence-corrected chi connectivity index (χ4v) is 2.42. The first-order valence-electron chi connectivity index (χ1n) is 6.82. The maximum absolute atomic E-state index is 12.3. The van der Waals surface area contributed by atoms with Crippen LogP contribution in [0, 0.1) is 6.92 Å². The highest BCUT2D eigenvalue weighted by Gasteiger charge is 2.23. The zero-order valence-corrected chi connectivity index (χ0v) is 11.6. The van der Waals surface area contributed by atoms with Crippen LogP contribution in [-0.4, -0.2) is 41.7 Å². The van der Waals surface area contributed by atoms with E-state index in [0.717, 1.165) is 30.7 Å². The Morgan fingerprint density at radius 3 is 2.95 bits per heavy atom. The van der Waals surface area contributed by atoms with Gasteiger partial charge in [-0.2, -0.15) is 0 Å². The van der Waals surface area contributed by atoms with E-state index in [4.69, 9.17) is 4.74 Å². The van der Waals surface area contributed by atoms with E-state index in [9.17, 15) is 9.90 Å². The van der Waals surface area contributed by atoms with E-state index in [2.05, 4.69) is 0 Å². The molecule has 0 radical (unpaired) electrons. The number of ether oxygens (including phenoxy) is 1. The molecule has 0 bridgehead atoms. The number of hydrogen-bond acceptors (Lipinski definition) is 3. The average Bonchev–Trinajstić information content (AvgIpc) is 2.40. The molecule has 0 saturated carbocycles. The fourth-order valence-electron chi connectivity index (χ4n) is 2.42. The number of rotatable bonds is 3. The molecule has 104 valence electrons. The van der Waals surface area contributed by atoms with E-state index < -0.39 is 0 Å². The number of likely N-dealkylation sites (tertiary alicyclic amines) is 1. The van der Waals surface area contributed by atoms with E-state index in [0.29, 0.717) is 18.7 Å². The number of piperidine rings is 1. The third-order valence-corrected chi connectivity index (χ3v) is 3.41. The van der Waals surface area contributed by atoms with Crippen molar-refractivity contribution in [2.45, 2.75) is 32.8 Å². The number of nitrogens with zero attached hydrogens (tertiary/aromatic N) is 1. The highest BCUT2D eigenvalue weighted by molar-refractivity contribution is 5.94. The van der Waals surface area contributed by atoms with Gasteiger partial charge < -0.3 is 14.7 Å². The predicted molar refractivity (Wildman–Crippen MR) is 73.5 cm³/mol. The lowest BCUT2D eigenvalue weighted by Crippen LogP contribution is -2.42. The lowest BCUT2D eigenvalue weighted by molar-refractivity contribution is 0.0473. The molecular weight excluding hydrogens is 242 g/mol. The van der Waals surface area contributed by atoms with Crippen molar-refractivity contribution in [1.82, 2.24) is 4.90 Å². The van der Waals surface area contributed by atoms with Gasteiger partial charge in [0.05, 0.1) is 12.7 Å². The highest BCUT2D eigenvalue weighted by atomic mass is 16.5. The Morgan fingerprint density at radius 1 is 1.53 bits per heavy atom. The van der Waals surface area contributed by atoms with Crippen molar-refractivity contribution >= 4 is 5.91 Å². The number of amides is 1. The molecule has 1 fully saturated rings. The van der Waals surface area contributed by atoms with Crippen molar-refractivity contribution in [3.8, 4) is 5.75 Å². The third-order valence-electron chi connectivity index (χ3n) is 3.41. The quantitative estimate of drug-likeness (QED) is 0.907. The topological polar surface area (TPSA) is 49.8 Å². The molecule has 1 saturated heterocycles. The van der Waals surface area contributed by atoms with Crippen LogP contribution in [0.2, 0.25) is 0 Å². The van der Waals surface area contributed by atoms with Crippen LogP contribution in [0.3, 0.4) is 0 Å². The molecule has 0 spiro atoms. The molecule has 1 heterocycles. The second-order valence-corrected chi connectivity index (χ2v) is 4.96. The standard InChI is InChI=1S/C15H21NO3/c1-3-19-14-7-6-12(9-11(14)2)15(18)16-8-4-5-13(17)10-16/h6-7,9,13,17H,3-5,8,10H2,1-2H3. The van der Waals surface area contributed by atoms with Gasteiger partial charge in [-0.25, -0.2) is 0 Å². The highest BCUT2D eigenvalue weighted by Crippen LogP contribution is 2.21. The Hall–Kier alpha value is -1.55. The van der Waals surface area contributed by atoms with Crippen molar-refractivity contribution in [3.63, 3.8) is 0 Å². The zero-order chi connectivity index (χ0) is 13.8. The lowest BCUT2D eigenvalue weighted by atomic mass is 10.1. The van der Waals surface area contributed by atoms with Crippen LogP contribution in [0.15, 0.2) is 18.2 Å². The van der Waals surface area contributed by atoms with Gasteiger partial charge in [-0.15, -0.1) is 0 Å². The summed E-state index contributed by atoms with van der Waals surface area (Å²) in [5.41, 5.74) is 1.63. The van der Waals surface area contributed by atoms with Crippen LogP contribution in [0.1, 0.15) is 35.7 Å². The number of aliphatic hydroxyl groups is 1. The second kappa shape index (κ2) is 6.06. The summed E-state index contributed by atoms with van der Waals surface area (Å²) in [6.45, 7) is 5.65. The van der Waals surface area contributed by atoms with Crippen LogP contribution >= 0.6 is 0 Å². The molecule has 4 nitrogen and oxygen atoms in total. The summed E-state index contributed by atoms with van der Waals surface area (Å²) in [7, 11) is 0. The van der Waals surface area contributed by atoms with E-state index >= 15 is 0 Å². The number of aryl methyl sites for hydroxylation is 1. The number of aliphatic hydroxyl groups excluding tert-OH is 1. The fraction of sp³-hybridized carbons (Fsp3) is 0.533. The summed E-state index contributed by atoms with van der Waals surface area (Å²) in [5.74, 6) is 0.808. The summed E-state index contributed by atoms with van der Waals surface area (Å²) in [4.78, 5) is 14.1. The number of hydrogen-bond donors (Lipinski definition) is 1. The number of benzene rings is 1. The Balaban J connectivity index is 2.12. The molecule has 0 aromatic heterocycles. The Morgan fingerprint density at radius 2 is 2.32 bits per heavy atom. The Labute approximate surface area is 114 Å². The van der Waals surface area contributed by atoms with E-state index in [-0.39, 0.29) is 12.0 Å². The summed E-state index contributed by atoms with van der Waals surface area (Å²) in [6, 6.07) is 5.49. The van der Waals surface area contributed by atoms with E-state index in [1.807, 2.05) is 26.0 Å². The molecular formula is C15H21NO3. The first-order chi connectivity index (χ1) is 9.11. The Bertz CT molecular complexity index is 459. The maximum Gasteiger partial charge on any atom is 0.253 e. The maximum atomic E-state index is 12.3. The van der Waals surface area contributed by atoms with Crippen molar-refractivity contribution in [2.75, 3.05) is 19.7 Å². The minimum absolute atomic E-state index is 0.00935. The second-order valence-electron chi connectivity index (χ2n) is 4.96. The first kappa shape index (κ1) is 13.9. The number of carbonyl (C=O) groups excluding carboxylic acids is 1. The largest absolute Gasteiger partial charge is 0.494 e. The third kappa shape index (κ3) is 3.26. The minimum Gasteiger partial charge on any atom is -0.494 e. The van der Waals surface area contributed by atoms with Crippen molar-refractivity contribution in [3.05, 3.63) is 29.3 Å². The van der Waals surface area contributed by atoms with Crippen molar-refractivity contribution in [1.29, 1.82) is 0 Å². The monoisotopic (exact) mass is 263 g/mol. The molecule has 1 aliphatic heterocycles. The molecule has 1 atom stereocenters. The summed E-state index contributed by atoms with van der Waals surface area (Å²) in [6.07, 6.45) is 1.26. The molecule has 2 rings (SSSR count).